The first-order chi connectivity index (χ1) is 27.9. The van der Waals surface area contributed by atoms with Gasteiger partial charge in [-0.15, -0.1) is 0 Å². The molecule has 3 heterocycles. The van der Waals surface area contributed by atoms with E-state index in [1.54, 1.807) is 6.07 Å². The lowest BCUT2D eigenvalue weighted by Gasteiger charge is -2.23. The molecule has 0 unspecified atom stereocenters. The van der Waals surface area contributed by atoms with E-state index in [1.165, 1.54) is 11.1 Å². The van der Waals surface area contributed by atoms with Crippen LogP contribution in [0.15, 0.2) is 164 Å². The fourth-order valence-corrected chi connectivity index (χ4v) is 7.92. The number of aromatic nitrogens is 4. The summed E-state index contributed by atoms with van der Waals surface area (Å²) in [6.07, 6.45) is 5.69. The Morgan fingerprint density at radius 3 is 1.93 bits per heavy atom. The average molecular weight is 755 g/mol. The molecule has 6 aromatic carbocycles. The zero-order valence-corrected chi connectivity index (χ0v) is 33.8. The quantitative estimate of drug-likeness (QED) is 0.184. The number of phenols is 1. The second-order valence-corrected chi connectivity index (χ2v) is 17.2. The molecule has 0 spiro atoms. The van der Waals surface area contributed by atoms with Crippen molar-refractivity contribution in [3.8, 4) is 67.3 Å². The summed E-state index contributed by atoms with van der Waals surface area (Å²) in [5.41, 5.74) is 14.7. The lowest BCUT2D eigenvalue weighted by molar-refractivity contribution is 0.477. The van der Waals surface area contributed by atoms with E-state index < -0.39 is 0 Å². The highest BCUT2D eigenvalue weighted by Gasteiger charge is 2.24. The highest BCUT2D eigenvalue weighted by molar-refractivity contribution is 5.99. The number of fused-ring (bicyclic) bond motifs is 2. The van der Waals surface area contributed by atoms with Crippen LogP contribution in [-0.4, -0.2) is 24.6 Å². The van der Waals surface area contributed by atoms with Crippen LogP contribution in [0.3, 0.4) is 0 Å². The van der Waals surface area contributed by atoms with Crippen LogP contribution in [0, 0.1) is 0 Å². The number of rotatable bonds is 6. The van der Waals surface area contributed by atoms with E-state index in [-0.39, 0.29) is 16.6 Å². The number of para-hydroxylation sites is 1. The van der Waals surface area contributed by atoms with Crippen molar-refractivity contribution in [2.24, 2.45) is 0 Å². The van der Waals surface area contributed by atoms with Gasteiger partial charge in [-0.3, -0.25) is 14.5 Å². The van der Waals surface area contributed by atoms with Gasteiger partial charge in [0.2, 0.25) is 0 Å². The third-order valence-corrected chi connectivity index (χ3v) is 11.1. The second-order valence-electron chi connectivity index (χ2n) is 17.2. The standard InChI is InChI=1S/C53H46N4O/c1-52(2,3)40-23-24-46(43(30-40)35-17-11-8-12-18-35)57-47-21-13-20-42(45-29-36(22-25-48(45)58)34-15-9-7-10-16-34)50(47)56-51(57)39-27-38(32-54-33-39)44-31-41(53(4,5)6)28-37-19-14-26-55-49(37)44/h7-33,58H,1-6H3. The van der Waals surface area contributed by atoms with Crippen LogP contribution in [0.1, 0.15) is 52.7 Å². The van der Waals surface area contributed by atoms with Crippen molar-refractivity contribution in [1.82, 2.24) is 19.5 Å². The minimum atomic E-state index is -0.0649. The van der Waals surface area contributed by atoms with Gasteiger partial charge in [0.15, 0.2) is 0 Å². The molecule has 0 atom stereocenters. The van der Waals surface area contributed by atoms with Crippen molar-refractivity contribution in [1.29, 1.82) is 0 Å². The Labute approximate surface area is 340 Å². The molecule has 0 radical (unpaired) electrons. The van der Waals surface area contributed by atoms with Crippen LogP contribution in [0.4, 0.5) is 0 Å². The molecule has 5 nitrogen and oxygen atoms in total. The molecule has 5 heteroatoms. The summed E-state index contributed by atoms with van der Waals surface area (Å²) in [4.78, 5) is 15.3. The predicted octanol–water partition coefficient (Wildman–Crippen LogP) is 13.6. The summed E-state index contributed by atoms with van der Waals surface area (Å²) >= 11 is 0. The van der Waals surface area contributed by atoms with Crippen LogP contribution < -0.4 is 0 Å². The molecule has 0 fully saturated rings. The number of benzene rings is 6. The molecule has 0 bridgehead atoms. The Hall–Kier alpha value is -6.85. The van der Waals surface area contributed by atoms with Gasteiger partial charge in [0.05, 0.1) is 22.2 Å². The van der Waals surface area contributed by atoms with Gasteiger partial charge in [0, 0.05) is 57.4 Å². The molecular weight excluding hydrogens is 709 g/mol. The largest absolute Gasteiger partial charge is 0.507 e. The van der Waals surface area contributed by atoms with Gasteiger partial charge in [-0.25, -0.2) is 4.98 Å². The Kier molecular flexibility index (Phi) is 9.04. The van der Waals surface area contributed by atoms with Crippen LogP contribution in [0.25, 0.3) is 83.5 Å². The summed E-state index contributed by atoms with van der Waals surface area (Å²) in [7, 11) is 0. The van der Waals surface area contributed by atoms with Gasteiger partial charge in [-0.2, -0.15) is 0 Å². The maximum absolute atomic E-state index is 11.5. The first-order valence-electron chi connectivity index (χ1n) is 19.9. The maximum atomic E-state index is 11.5. The van der Waals surface area contributed by atoms with Crippen molar-refractivity contribution >= 4 is 21.9 Å². The molecule has 9 aromatic rings. The van der Waals surface area contributed by atoms with Crippen molar-refractivity contribution in [3.05, 3.63) is 175 Å². The molecule has 0 saturated heterocycles. The number of hydrogen-bond acceptors (Lipinski definition) is 4. The Bertz CT molecular complexity index is 2970. The molecule has 0 amide bonds. The van der Waals surface area contributed by atoms with Gasteiger partial charge >= 0.3 is 0 Å². The second kappa shape index (κ2) is 14.3. The van der Waals surface area contributed by atoms with E-state index in [9.17, 15) is 5.11 Å². The SMILES string of the molecule is CC(C)(C)c1ccc(-n2c(-c3cncc(-c4cc(C(C)(C)C)cc5cccnc45)c3)nc3c(-c4cc(-c5ccccc5)ccc4O)cccc32)c(-c2ccccc2)c1. The van der Waals surface area contributed by atoms with Crippen molar-refractivity contribution in [3.63, 3.8) is 0 Å². The maximum Gasteiger partial charge on any atom is 0.147 e. The van der Waals surface area contributed by atoms with Gasteiger partial charge in [-0.1, -0.05) is 133 Å². The van der Waals surface area contributed by atoms with Gasteiger partial charge < -0.3 is 5.11 Å². The number of phenolic OH excluding ortho intramolecular Hbond substituents is 1. The van der Waals surface area contributed by atoms with Gasteiger partial charge in [0.25, 0.3) is 0 Å². The minimum absolute atomic E-state index is 0.0625. The minimum Gasteiger partial charge on any atom is -0.507 e. The topological polar surface area (TPSA) is 63.8 Å². The van der Waals surface area contributed by atoms with Crippen molar-refractivity contribution in [2.45, 2.75) is 52.4 Å². The van der Waals surface area contributed by atoms with Crippen LogP contribution in [0.2, 0.25) is 0 Å². The average Bonchev–Trinajstić information content (AvgIpc) is 3.63. The first-order valence-corrected chi connectivity index (χ1v) is 19.9. The number of aromatic hydroxyl groups is 1. The Balaban J connectivity index is 1.34. The third kappa shape index (κ3) is 6.73. The molecule has 58 heavy (non-hydrogen) atoms. The van der Waals surface area contributed by atoms with E-state index in [0.29, 0.717) is 0 Å². The Morgan fingerprint density at radius 1 is 0.483 bits per heavy atom. The fraction of sp³-hybridized carbons (Fsp3) is 0.151. The fourth-order valence-electron chi connectivity index (χ4n) is 7.92. The summed E-state index contributed by atoms with van der Waals surface area (Å²) in [5, 5.41) is 12.6. The summed E-state index contributed by atoms with van der Waals surface area (Å²) < 4.78 is 2.27. The lowest BCUT2D eigenvalue weighted by Crippen LogP contribution is -2.12. The molecule has 0 saturated carbocycles. The van der Waals surface area contributed by atoms with Crippen molar-refractivity contribution in [2.75, 3.05) is 0 Å². The van der Waals surface area contributed by atoms with Crippen LogP contribution in [-0.2, 0) is 10.8 Å². The number of imidazole rings is 1. The first kappa shape index (κ1) is 36.8. The van der Waals surface area contributed by atoms with Crippen LogP contribution in [0.5, 0.6) is 5.75 Å². The zero-order chi connectivity index (χ0) is 40.2. The molecule has 0 aliphatic carbocycles. The number of pyridine rings is 2. The molecule has 0 aliphatic heterocycles. The summed E-state index contributed by atoms with van der Waals surface area (Å²) in [6.45, 7) is 13.5. The van der Waals surface area contributed by atoms with E-state index in [0.717, 1.165) is 83.5 Å². The van der Waals surface area contributed by atoms with E-state index in [1.807, 2.05) is 48.9 Å². The summed E-state index contributed by atoms with van der Waals surface area (Å²) in [6, 6.07) is 50.5. The lowest BCUT2D eigenvalue weighted by atomic mass is 9.84. The number of hydrogen-bond donors (Lipinski definition) is 1. The van der Waals surface area contributed by atoms with Crippen LogP contribution >= 0.6 is 0 Å². The third-order valence-electron chi connectivity index (χ3n) is 11.1. The van der Waals surface area contributed by atoms with Gasteiger partial charge in [0.1, 0.15) is 11.6 Å². The predicted molar refractivity (Wildman–Crippen MR) is 240 cm³/mol. The molecule has 284 valence electrons. The molecule has 3 aromatic heterocycles. The smallest absolute Gasteiger partial charge is 0.147 e. The zero-order valence-electron chi connectivity index (χ0n) is 33.8. The van der Waals surface area contributed by atoms with E-state index in [2.05, 4.69) is 155 Å². The number of nitrogens with zero attached hydrogens (tertiary/aromatic N) is 4. The highest BCUT2D eigenvalue weighted by atomic mass is 16.3. The Morgan fingerprint density at radius 2 is 1.19 bits per heavy atom. The highest BCUT2D eigenvalue weighted by Crippen LogP contribution is 2.43. The van der Waals surface area contributed by atoms with Crippen molar-refractivity contribution < 1.29 is 5.11 Å². The molecule has 1 N–H and O–H groups in total. The summed E-state index contributed by atoms with van der Waals surface area (Å²) in [5.74, 6) is 0.949. The normalized spacial score (nSPS) is 12.0. The molecule has 9 rings (SSSR count). The molecular formula is C53H46N4O. The molecule has 0 aliphatic rings. The van der Waals surface area contributed by atoms with E-state index in [4.69, 9.17) is 15.0 Å². The van der Waals surface area contributed by atoms with E-state index >= 15 is 0 Å². The monoisotopic (exact) mass is 754 g/mol. The van der Waals surface area contributed by atoms with Gasteiger partial charge in [-0.05, 0) is 93.2 Å².